The van der Waals surface area contributed by atoms with Gasteiger partial charge in [0, 0.05) is 32.2 Å². The lowest BCUT2D eigenvalue weighted by Crippen LogP contribution is -2.34. The Bertz CT molecular complexity index is 907. The number of nitrogens with zero attached hydrogens (tertiary/aromatic N) is 3. The monoisotopic (exact) mass is 407 g/mol. The number of aliphatic hydroxyl groups excluding tert-OH is 1. The van der Waals surface area contributed by atoms with Crippen LogP contribution in [0.5, 0.6) is 11.6 Å². The summed E-state index contributed by atoms with van der Waals surface area (Å²) in [5.41, 5.74) is 3.02. The summed E-state index contributed by atoms with van der Waals surface area (Å²) in [4.78, 5) is 2.31. The lowest BCUT2D eigenvalue weighted by Gasteiger charge is -2.26. The molecule has 0 saturated carbocycles. The minimum absolute atomic E-state index is 0.348. The molecular weight excluding hydrogens is 374 g/mol. The van der Waals surface area contributed by atoms with E-state index < -0.39 is 0 Å². The number of aryl methyl sites for hydroxylation is 1. The van der Waals surface area contributed by atoms with E-state index >= 15 is 0 Å². The Morgan fingerprint density at radius 3 is 2.23 bits per heavy atom. The summed E-state index contributed by atoms with van der Waals surface area (Å²) in [7, 11) is 1.92. The second kappa shape index (κ2) is 10.4. The molecule has 0 saturated heterocycles. The van der Waals surface area contributed by atoms with Gasteiger partial charge in [0.15, 0.2) is 0 Å². The number of aliphatic hydroxyl groups is 1. The number of hydrogen-bond acceptors (Lipinski definition) is 4. The van der Waals surface area contributed by atoms with Crippen LogP contribution in [0.15, 0.2) is 60.7 Å². The maximum atomic E-state index is 10.3. The third-order valence-electron chi connectivity index (χ3n) is 5.04. The van der Waals surface area contributed by atoms with Crippen LogP contribution in [-0.4, -0.2) is 39.0 Å². The zero-order chi connectivity index (χ0) is 21.5. The summed E-state index contributed by atoms with van der Waals surface area (Å²) >= 11 is 0. The highest BCUT2D eigenvalue weighted by atomic mass is 16.5. The Balaban J connectivity index is 2.01. The van der Waals surface area contributed by atoms with Crippen LogP contribution in [0.3, 0.4) is 0 Å². The van der Waals surface area contributed by atoms with Crippen molar-refractivity contribution in [1.29, 1.82) is 0 Å². The normalized spacial score (nSPS) is 12.5. The molecule has 0 unspecified atom stereocenters. The van der Waals surface area contributed by atoms with Crippen molar-refractivity contribution in [3.8, 4) is 22.9 Å². The summed E-state index contributed by atoms with van der Waals surface area (Å²) in [6, 6.07) is 20.0. The molecule has 0 amide bonds. The Morgan fingerprint density at radius 1 is 1.00 bits per heavy atom. The highest BCUT2D eigenvalue weighted by Crippen LogP contribution is 2.34. The second-order valence-electron chi connectivity index (χ2n) is 8.19. The molecule has 0 spiro atoms. The Morgan fingerprint density at radius 2 is 1.63 bits per heavy atom. The summed E-state index contributed by atoms with van der Waals surface area (Å²) < 4.78 is 8.10. The van der Waals surface area contributed by atoms with Crippen molar-refractivity contribution in [3.63, 3.8) is 0 Å². The zero-order valence-electron chi connectivity index (χ0n) is 18.5. The second-order valence-corrected chi connectivity index (χ2v) is 8.19. The van der Waals surface area contributed by atoms with E-state index in [-0.39, 0.29) is 6.10 Å². The molecule has 30 heavy (non-hydrogen) atoms. The first-order valence-corrected chi connectivity index (χ1v) is 10.7. The fourth-order valence-corrected chi connectivity index (χ4v) is 3.62. The third-order valence-corrected chi connectivity index (χ3v) is 5.04. The van der Waals surface area contributed by atoms with Gasteiger partial charge in [-0.2, -0.15) is 5.10 Å². The van der Waals surface area contributed by atoms with Crippen molar-refractivity contribution in [2.75, 3.05) is 13.1 Å². The number of hydrogen-bond donors (Lipinski definition) is 1. The van der Waals surface area contributed by atoms with E-state index in [9.17, 15) is 5.11 Å². The molecule has 5 heteroatoms. The van der Waals surface area contributed by atoms with Gasteiger partial charge in [0.25, 0.3) is 0 Å². The molecule has 1 heterocycles. The van der Waals surface area contributed by atoms with Gasteiger partial charge in [0.05, 0.1) is 11.7 Å². The Hall–Kier alpha value is -2.63. The molecule has 1 atom stereocenters. The lowest BCUT2D eigenvalue weighted by molar-refractivity contribution is 0.0982. The van der Waals surface area contributed by atoms with Crippen molar-refractivity contribution in [2.45, 2.75) is 39.8 Å². The average molecular weight is 408 g/mol. The molecule has 160 valence electrons. The van der Waals surface area contributed by atoms with Gasteiger partial charge in [0.1, 0.15) is 11.4 Å². The van der Waals surface area contributed by atoms with E-state index in [1.54, 1.807) is 0 Å². The molecule has 0 bridgehead atoms. The molecule has 0 fully saturated rings. The summed E-state index contributed by atoms with van der Waals surface area (Å²) in [5, 5.41) is 15.1. The molecule has 0 radical (unpaired) electrons. The Labute approximate surface area is 179 Å². The van der Waals surface area contributed by atoms with Gasteiger partial charge >= 0.3 is 0 Å². The van der Waals surface area contributed by atoms with Crippen molar-refractivity contribution < 1.29 is 9.84 Å². The van der Waals surface area contributed by atoms with Gasteiger partial charge < -0.3 is 9.84 Å². The number of ether oxygens (including phenoxy) is 1. The maximum absolute atomic E-state index is 10.3. The number of aromatic nitrogens is 2. The van der Waals surface area contributed by atoms with Crippen LogP contribution < -0.4 is 4.74 Å². The summed E-state index contributed by atoms with van der Waals surface area (Å²) in [6.07, 6.45) is 0.389. The topological polar surface area (TPSA) is 50.5 Å². The molecule has 1 N–H and O–H groups in total. The zero-order valence-corrected chi connectivity index (χ0v) is 18.5. The fraction of sp³-hybridized carbons (Fsp3) is 0.400. The van der Waals surface area contributed by atoms with Gasteiger partial charge in [-0.05, 0) is 24.5 Å². The Kier molecular flexibility index (Phi) is 7.66. The summed E-state index contributed by atoms with van der Waals surface area (Å²) in [6.45, 7) is 8.60. The molecule has 3 aromatic rings. The van der Waals surface area contributed by atoms with E-state index in [0.29, 0.717) is 19.0 Å². The lowest BCUT2D eigenvalue weighted by atomic mass is 10.1. The highest BCUT2D eigenvalue weighted by molar-refractivity contribution is 5.65. The van der Waals surface area contributed by atoms with Gasteiger partial charge in [0.2, 0.25) is 5.88 Å². The molecular formula is C25H33N3O2. The van der Waals surface area contributed by atoms with Crippen LogP contribution in [0.2, 0.25) is 0 Å². The van der Waals surface area contributed by atoms with Crippen LogP contribution >= 0.6 is 0 Å². The first-order chi connectivity index (χ1) is 14.5. The predicted octanol–water partition coefficient (Wildman–Crippen LogP) is 5.11. The highest BCUT2D eigenvalue weighted by Gasteiger charge is 2.23. The summed E-state index contributed by atoms with van der Waals surface area (Å²) in [5.74, 6) is 2.01. The molecule has 2 aromatic carbocycles. The van der Waals surface area contributed by atoms with Crippen LogP contribution in [0.25, 0.3) is 11.3 Å². The van der Waals surface area contributed by atoms with Crippen molar-refractivity contribution in [2.24, 2.45) is 13.0 Å². The minimum atomic E-state index is -0.348. The van der Waals surface area contributed by atoms with Crippen molar-refractivity contribution in [1.82, 2.24) is 14.7 Å². The van der Waals surface area contributed by atoms with Gasteiger partial charge in [-0.1, -0.05) is 69.3 Å². The van der Waals surface area contributed by atoms with Gasteiger partial charge in [-0.25, -0.2) is 4.68 Å². The van der Waals surface area contributed by atoms with Crippen molar-refractivity contribution >= 4 is 0 Å². The van der Waals surface area contributed by atoms with Crippen LogP contribution in [-0.2, 0) is 13.6 Å². The van der Waals surface area contributed by atoms with Gasteiger partial charge in [-0.3, -0.25) is 4.90 Å². The molecule has 0 aliphatic rings. The minimum Gasteiger partial charge on any atom is -0.439 e. The van der Waals surface area contributed by atoms with E-state index in [0.717, 1.165) is 41.4 Å². The van der Waals surface area contributed by atoms with Crippen molar-refractivity contribution in [3.05, 3.63) is 66.2 Å². The third kappa shape index (κ3) is 5.71. The largest absolute Gasteiger partial charge is 0.439 e. The smallest absolute Gasteiger partial charge is 0.222 e. The first-order valence-electron chi connectivity index (χ1n) is 10.7. The maximum Gasteiger partial charge on any atom is 0.222 e. The SMILES string of the molecule is CC[C@H](O)CN(Cc1c(-c2ccccc2)nn(C)c1Oc1ccccc1)CC(C)C. The number of rotatable bonds is 10. The molecule has 1 aromatic heterocycles. The van der Waals surface area contributed by atoms with E-state index in [4.69, 9.17) is 9.84 Å². The molecule has 0 aliphatic carbocycles. The number of benzene rings is 2. The first kappa shape index (κ1) is 22.1. The van der Waals surface area contributed by atoms with E-state index in [1.807, 2.05) is 67.2 Å². The van der Waals surface area contributed by atoms with Crippen LogP contribution in [0.1, 0.15) is 32.8 Å². The number of para-hydroxylation sites is 1. The quantitative estimate of drug-likeness (QED) is 0.507. The van der Waals surface area contributed by atoms with Crippen LogP contribution in [0.4, 0.5) is 0 Å². The molecule has 3 rings (SSSR count). The standard InChI is InChI=1S/C25H33N3O2/c1-5-21(29)17-28(16-19(2)3)18-23-24(20-12-8-6-9-13-20)26-27(4)25(23)30-22-14-10-7-11-15-22/h6-15,19,21,29H,5,16-18H2,1-4H3/t21-/m0/s1. The van der Waals surface area contributed by atoms with E-state index in [2.05, 4.69) is 30.9 Å². The molecule has 0 aliphatic heterocycles. The molecule has 5 nitrogen and oxygen atoms in total. The fourth-order valence-electron chi connectivity index (χ4n) is 3.62. The average Bonchev–Trinajstić information content (AvgIpc) is 3.04. The van der Waals surface area contributed by atoms with E-state index in [1.165, 1.54) is 0 Å². The van der Waals surface area contributed by atoms with Gasteiger partial charge in [-0.15, -0.1) is 0 Å². The van der Waals surface area contributed by atoms with Crippen LogP contribution in [0, 0.1) is 5.92 Å². The predicted molar refractivity (Wildman–Crippen MR) is 122 cm³/mol.